The molecule has 3 aromatic rings. The summed E-state index contributed by atoms with van der Waals surface area (Å²) in [6.45, 7) is 0.544. The molecule has 0 aliphatic heterocycles. The first-order chi connectivity index (χ1) is 9.35. The van der Waals surface area contributed by atoms with Crippen molar-refractivity contribution in [2.75, 3.05) is 0 Å². The molecule has 0 unspecified atom stereocenters. The van der Waals surface area contributed by atoms with Crippen molar-refractivity contribution in [3.05, 3.63) is 65.9 Å². The molecule has 0 aliphatic rings. The molecule has 1 aromatic heterocycles. The number of rotatable bonds is 3. The standard InChI is InChI=1S/C16H12N2O.H2/c17-10-14-8-13-9-15(6-7-16(13)18-14)19-11-12-4-2-1-3-5-12;/h1-9,18H,11H2;1H. The molecule has 0 amide bonds. The number of nitriles is 1. The molecule has 2 aromatic carbocycles. The minimum atomic E-state index is 0. The topological polar surface area (TPSA) is 48.8 Å². The Labute approximate surface area is 112 Å². The Kier molecular flexibility index (Phi) is 2.91. The van der Waals surface area contributed by atoms with Gasteiger partial charge in [-0.15, -0.1) is 0 Å². The summed E-state index contributed by atoms with van der Waals surface area (Å²) in [4.78, 5) is 3.03. The van der Waals surface area contributed by atoms with Gasteiger partial charge in [-0.05, 0) is 29.8 Å². The Morgan fingerprint density at radius 3 is 2.74 bits per heavy atom. The number of nitrogens with zero attached hydrogens (tertiary/aromatic N) is 1. The van der Waals surface area contributed by atoms with Gasteiger partial charge in [0.1, 0.15) is 24.1 Å². The van der Waals surface area contributed by atoms with Crippen LogP contribution in [0.2, 0.25) is 0 Å². The fraction of sp³-hybridized carbons (Fsp3) is 0.0625. The van der Waals surface area contributed by atoms with E-state index in [1.54, 1.807) is 0 Å². The molecule has 0 saturated carbocycles. The zero-order chi connectivity index (χ0) is 13.1. The highest BCUT2D eigenvalue weighted by Crippen LogP contribution is 2.22. The van der Waals surface area contributed by atoms with Gasteiger partial charge in [-0.1, -0.05) is 30.3 Å². The molecule has 94 valence electrons. The first-order valence-corrected chi connectivity index (χ1v) is 6.05. The number of fused-ring (bicyclic) bond motifs is 1. The highest BCUT2D eigenvalue weighted by atomic mass is 16.5. The third-order valence-corrected chi connectivity index (χ3v) is 2.96. The molecule has 19 heavy (non-hydrogen) atoms. The lowest BCUT2D eigenvalue weighted by Crippen LogP contribution is -1.94. The molecule has 0 fully saturated rings. The van der Waals surface area contributed by atoms with Gasteiger partial charge in [-0.25, -0.2) is 0 Å². The lowest BCUT2D eigenvalue weighted by atomic mass is 10.2. The predicted molar refractivity (Wildman–Crippen MR) is 75.9 cm³/mol. The van der Waals surface area contributed by atoms with Gasteiger partial charge in [0.2, 0.25) is 0 Å². The fourth-order valence-electron chi connectivity index (χ4n) is 2.00. The molecule has 0 radical (unpaired) electrons. The summed E-state index contributed by atoms with van der Waals surface area (Å²) in [5.41, 5.74) is 2.65. The van der Waals surface area contributed by atoms with Gasteiger partial charge < -0.3 is 9.72 Å². The van der Waals surface area contributed by atoms with Crippen molar-refractivity contribution in [1.29, 1.82) is 5.26 Å². The number of hydrogen-bond acceptors (Lipinski definition) is 2. The third-order valence-electron chi connectivity index (χ3n) is 2.96. The Morgan fingerprint density at radius 1 is 1.11 bits per heavy atom. The van der Waals surface area contributed by atoms with Crippen LogP contribution in [0.25, 0.3) is 10.9 Å². The molecule has 1 N–H and O–H groups in total. The van der Waals surface area contributed by atoms with E-state index in [-0.39, 0.29) is 1.43 Å². The maximum atomic E-state index is 8.85. The number of aromatic amines is 1. The van der Waals surface area contributed by atoms with Crippen LogP contribution < -0.4 is 4.74 Å². The minimum absolute atomic E-state index is 0. The van der Waals surface area contributed by atoms with Gasteiger partial charge in [0, 0.05) is 12.3 Å². The predicted octanol–water partition coefficient (Wildman–Crippen LogP) is 3.86. The highest BCUT2D eigenvalue weighted by molar-refractivity contribution is 5.82. The Hall–Kier alpha value is -2.73. The largest absolute Gasteiger partial charge is 0.489 e. The van der Waals surface area contributed by atoms with Crippen LogP contribution in [0.5, 0.6) is 5.75 Å². The van der Waals surface area contributed by atoms with E-state index >= 15 is 0 Å². The van der Waals surface area contributed by atoms with Crippen LogP contribution in [0.15, 0.2) is 54.6 Å². The lowest BCUT2D eigenvalue weighted by Gasteiger charge is -2.06. The second-order valence-corrected chi connectivity index (χ2v) is 4.32. The van der Waals surface area contributed by atoms with Crippen LogP contribution in [-0.2, 0) is 6.61 Å². The van der Waals surface area contributed by atoms with Crippen LogP contribution >= 0.6 is 0 Å². The van der Waals surface area contributed by atoms with E-state index in [9.17, 15) is 0 Å². The summed E-state index contributed by atoms with van der Waals surface area (Å²) in [7, 11) is 0. The number of hydrogen-bond donors (Lipinski definition) is 1. The third kappa shape index (κ3) is 2.43. The van der Waals surface area contributed by atoms with Gasteiger partial charge >= 0.3 is 0 Å². The first kappa shape index (κ1) is 11.4. The summed E-state index contributed by atoms with van der Waals surface area (Å²) in [6.07, 6.45) is 0. The smallest absolute Gasteiger partial charge is 0.120 e. The van der Waals surface area contributed by atoms with Crippen molar-refractivity contribution in [3.63, 3.8) is 0 Å². The lowest BCUT2D eigenvalue weighted by molar-refractivity contribution is 0.306. The van der Waals surface area contributed by atoms with Crippen LogP contribution in [0, 0.1) is 11.3 Å². The van der Waals surface area contributed by atoms with E-state index in [1.807, 2.05) is 54.6 Å². The van der Waals surface area contributed by atoms with Gasteiger partial charge in [0.15, 0.2) is 0 Å². The molecular weight excluding hydrogens is 236 g/mol. The Bertz CT molecular complexity index is 744. The van der Waals surface area contributed by atoms with E-state index in [0.29, 0.717) is 12.3 Å². The second kappa shape index (κ2) is 4.87. The summed E-state index contributed by atoms with van der Waals surface area (Å²) >= 11 is 0. The van der Waals surface area contributed by atoms with Crippen LogP contribution in [-0.4, -0.2) is 4.98 Å². The monoisotopic (exact) mass is 250 g/mol. The van der Waals surface area contributed by atoms with E-state index in [4.69, 9.17) is 10.00 Å². The average Bonchev–Trinajstić information content (AvgIpc) is 2.88. The van der Waals surface area contributed by atoms with Crippen molar-refractivity contribution in [1.82, 2.24) is 4.98 Å². The second-order valence-electron chi connectivity index (χ2n) is 4.32. The SMILES string of the molecule is N#Cc1cc2cc(OCc3ccccc3)ccc2[nH]1.[HH]. The molecule has 0 atom stereocenters. The van der Waals surface area contributed by atoms with Gasteiger partial charge in [0.25, 0.3) is 0 Å². The first-order valence-electron chi connectivity index (χ1n) is 6.05. The quantitative estimate of drug-likeness (QED) is 0.767. The van der Waals surface area contributed by atoms with Gasteiger partial charge in [0.05, 0.1) is 0 Å². The van der Waals surface area contributed by atoms with Crippen LogP contribution in [0.3, 0.4) is 0 Å². The maximum Gasteiger partial charge on any atom is 0.120 e. The summed E-state index contributed by atoms with van der Waals surface area (Å²) in [5, 5.41) is 9.84. The minimum Gasteiger partial charge on any atom is -0.489 e. The van der Waals surface area contributed by atoms with Crippen molar-refractivity contribution in [2.24, 2.45) is 0 Å². The Morgan fingerprint density at radius 2 is 1.95 bits per heavy atom. The number of H-pyrrole nitrogens is 1. The van der Waals surface area contributed by atoms with Crippen LogP contribution in [0.4, 0.5) is 0 Å². The fourth-order valence-corrected chi connectivity index (χ4v) is 2.00. The summed E-state index contributed by atoms with van der Waals surface area (Å²) < 4.78 is 5.75. The van der Waals surface area contributed by atoms with Crippen molar-refractivity contribution in [2.45, 2.75) is 6.61 Å². The summed E-state index contributed by atoms with van der Waals surface area (Å²) in [6, 6.07) is 19.7. The van der Waals surface area contributed by atoms with E-state index < -0.39 is 0 Å². The van der Waals surface area contributed by atoms with Crippen molar-refractivity contribution in [3.8, 4) is 11.8 Å². The van der Waals surface area contributed by atoms with Crippen molar-refractivity contribution >= 4 is 10.9 Å². The average molecular weight is 250 g/mol. The summed E-state index contributed by atoms with van der Waals surface area (Å²) in [5.74, 6) is 0.805. The number of nitrogens with one attached hydrogen (secondary N) is 1. The van der Waals surface area contributed by atoms with E-state index in [0.717, 1.165) is 22.2 Å². The molecule has 0 aliphatic carbocycles. The number of ether oxygens (including phenoxy) is 1. The zero-order valence-electron chi connectivity index (χ0n) is 10.3. The molecule has 1 heterocycles. The van der Waals surface area contributed by atoms with E-state index in [2.05, 4.69) is 11.1 Å². The van der Waals surface area contributed by atoms with Gasteiger partial charge in [-0.2, -0.15) is 5.26 Å². The number of benzene rings is 2. The number of aromatic nitrogens is 1. The highest BCUT2D eigenvalue weighted by Gasteiger charge is 2.02. The van der Waals surface area contributed by atoms with Gasteiger partial charge in [-0.3, -0.25) is 0 Å². The molecule has 0 saturated heterocycles. The van der Waals surface area contributed by atoms with Crippen molar-refractivity contribution < 1.29 is 6.16 Å². The molecule has 3 rings (SSSR count). The maximum absolute atomic E-state index is 8.85. The van der Waals surface area contributed by atoms with Crippen LogP contribution in [0.1, 0.15) is 12.7 Å². The zero-order valence-corrected chi connectivity index (χ0v) is 10.3. The molecule has 3 nitrogen and oxygen atoms in total. The normalized spacial score (nSPS) is 10.3. The molecule has 0 spiro atoms. The molecular formula is C16H14N2O. The Balaban J connectivity index is 0.00000147. The van der Waals surface area contributed by atoms with E-state index in [1.165, 1.54) is 0 Å². The molecule has 0 bridgehead atoms. The molecule has 3 heteroatoms.